The highest BCUT2D eigenvalue weighted by Gasteiger charge is 2.26. The van der Waals surface area contributed by atoms with Gasteiger partial charge in [-0.2, -0.15) is 10.2 Å². The quantitative estimate of drug-likeness (QED) is 0.735. The van der Waals surface area contributed by atoms with Gasteiger partial charge >= 0.3 is 0 Å². The molecule has 0 radical (unpaired) electrons. The zero-order valence-electron chi connectivity index (χ0n) is 14.5. The van der Waals surface area contributed by atoms with Gasteiger partial charge in [-0.1, -0.05) is 0 Å². The number of nitrogens with zero attached hydrogens (tertiary/aromatic N) is 5. The summed E-state index contributed by atoms with van der Waals surface area (Å²) in [6, 6.07) is 1.96. The molecule has 3 aromatic rings. The van der Waals surface area contributed by atoms with E-state index in [0.29, 0.717) is 30.9 Å². The molecular formula is C18H21N5O2. The third kappa shape index (κ3) is 2.86. The van der Waals surface area contributed by atoms with Crippen LogP contribution in [0.15, 0.2) is 35.3 Å². The van der Waals surface area contributed by atoms with Gasteiger partial charge in [0.05, 0.1) is 18.0 Å². The van der Waals surface area contributed by atoms with E-state index in [0.717, 1.165) is 29.7 Å². The molecule has 7 nitrogen and oxygen atoms in total. The van der Waals surface area contributed by atoms with Gasteiger partial charge in [0.15, 0.2) is 0 Å². The van der Waals surface area contributed by atoms with Crippen molar-refractivity contribution >= 4 is 5.91 Å². The maximum Gasteiger partial charge on any atom is 0.258 e. The van der Waals surface area contributed by atoms with Crippen LogP contribution in [0.3, 0.4) is 0 Å². The Kier molecular flexibility index (Phi) is 3.91. The largest absolute Gasteiger partial charge is 0.469 e. The fourth-order valence-electron chi connectivity index (χ4n) is 3.28. The number of aryl methyl sites for hydroxylation is 3. The third-order valence-electron chi connectivity index (χ3n) is 4.61. The van der Waals surface area contributed by atoms with E-state index in [-0.39, 0.29) is 5.91 Å². The molecule has 1 aliphatic heterocycles. The highest BCUT2D eigenvalue weighted by Crippen LogP contribution is 2.26. The molecule has 0 aromatic carbocycles. The first-order chi connectivity index (χ1) is 12.2. The molecule has 0 fully saturated rings. The van der Waals surface area contributed by atoms with Crippen molar-refractivity contribution in [3.63, 3.8) is 0 Å². The summed E-state index contributed by atoms with van der Waals surface area (Å²) in [5, 5.41) is 8.79. The van der Waals surface area contributed by atoms with E-state index in [1.54, 1.807) is 21.8 Å². The van der Waals surface area contributed by atoms with Crippen molar-refractivity contribution in [1.82, 2.24) is 24.5 Å². The molecule has 25 heavy (non-hydrogen) atoms. The molecule has 4 heterocycles. The van der Waals surface area contributed by atoms with Gasteiger partial charge in [0.2, 0.25) is 0 Å². The minimum Gasteiger partial charge on any atom is -0.469 e. The number of amides is 1. The van der Waals surface area contributed by atoms with Crippen LogP contribution in [0.4, 0.5) is 0 Å². The second-order valence-electron chi connectivity index (χ2n) is 6.35. The molecule has 0 atom stereocenters. The zero-order chi connectivity index (χ0) is 17.4. The van der Waals surface area contributed by atoms with Gasteiger partial charge in [0, 0.05) is 56.6 Å². The molecule has 130 valence electrons. The van der Waals surface area contributed by atoms with E-state index >= 15 is 0 Å². The Morgan fingerprint density at radius 2 is 2.24 bits per heavy atom. The van der Waals surface area contributed by atoms with Crippen molar-refractivity contribution in [2.45, 2.75) is 32.9 Å². The van der Waals surface area contributed by atoms with Gasteiger partial charge in [0.25, 0.3) is 5.91 Å². The SMILES string of the molecule is CCn1cc(C(=O)N2CCCc3occc3C2)c(-c2cnn(C)c2)n1. The molecule has 4 rings (SSSR count). The maximum absolute atomic E-state index is 13.2. The summed E-state index contributed by atoms with van der Waals surface area (Å²) in [4.78, 5) is 15.1. The first kappa shape index (κ1) is 15.7. The summed E-state index contributed by atoms with van der Waals surface area (Å²) in [7, 11) is 1.86. The third-order valence-corrected chi connectivity index (χ3v) is 4.61. The highest BCUT2D eigenvalue weighted by atomic mass is 16.3. The Hall–Kier alpha value is -2.83. The number of carbonyl (C=O) groups is 1. The van der Waals surface area contributed by atoms with E-state index in [9.17, 15) is 4.79 Å². The summed E-state index contributed by atoms with van der Waals surface area (Å²) in [5.41, 5.74) is 3.27. The fraction of sp³-hybridized carbons (Fsp3) is 0.389. The van der Waals surface area contributed by atoms with Crippen LogP contribution in [0.25, 0.3) is 11.3 Å². The van der Waals surface area contributed by atoms with Gasteiger partial charge < -0.3 is 9.32 Å². The van der Waals surface area contributed by atoms with Crippen molar-refractivity contribution in [2.24, 2.45) is 7.05 Å². The van der Waals surface area contributed by atoms with Crippen LogP contribution in [0.2, 0.25) is 0 Å². The lowest BCUT2D eigenvalue weighted by Crippen LogP contribution is -2.30. The summed E-state index contributed by atoms with van der Waals surface area (Å²) >= 11 is 0. The number of aromatic nitrogens is 4. The van der Waals surface area contributed by atoms with E-state index in [1.165, 1.54) is 0 Å². The predicted molar refractivity (Wildman–Crippen MR) is 91.9 cm³/mol. The van der Waals surface area contributed by atoms with Crippen LogP contribution in [0.5, 0.6) is 0 Å². The van der Waals surface area contributed by atoms with Crippen molar-refractivity contribution in [1.29, 1.82) is 0 Å². The topological polar surface area (TPSA) is 69.1 Å². The summed E-state index contributed by atoms with van der Waals surface area (Å²) in [5.74, 6) is 1.000. The number of hydrogen-bond donors (Lipinski definition) is 0. The van der Waals surface area contributed by atoms with Crippen LogP contribution >= 0.6 is 0 Å². The van der Waals surface area contributed by atoms with Gasteiger partial charge in [0.1, 0.15) is 11.5 Å². The molecule has 0 bridgehead atoms. The smallest absolute Gasteiger partial charge is 0.258 e. The monoisotopic (exact) mass is 339 g/mol. The van der Waals surface area contributed by atoms with Crippen molar-refractivity contribution in [2.75, 3.05) is 6.54 Å². The Labute approximate surface area is 145 Å². The Bertz CT molecular complexity index is 904. The van der Waals surface area contributed by atoms with E-state index in [2.05, 4.69) is 10.2 Å². The molecular weight excluding hydrogens is 318 g/mol. The van der Waals surface area contributed by atoms with Gasteiger partial charge in [-0.25, -0.2) is 0 Å². The summed E-state index contributed by atoms with van der Waals surface area (Å²) < 4.78 is 9.04. The standard InChI is InChI=1S/C18H21N5O2/c1-3-23-12-15(17(20-23)14-9-19-21(2)10-14)18(24)22-7-4-5-16-13(11-22)6-8-25-16/h6,8-10,12H,3-5,7,11H2,1-2H3. The second-order valence-corrected chi connectivity index (χ2v) is 6.35. The number of rotatable bonds is 3. The molecule has 7 heteroatoms. The zero-order valence-corrected chi connectivity index (χ0v) is 14.5. The second kappa shape index (κ2) is 6.23. The lowest BCUT2D eigenvalue weighted by atomic mass is 10.1. The molecule has 1 aliphatic rings. The molecule has 0 saturated heterocycles. The lowest BCUT2D eigenvalue weighted by molar-refractivity contribution is 0.0746. The van der Waals surface area contributed by atoms with Crippen LogP contribution in [-0.4, -0.2) is 36.9 Å². The Balaban J connectivity index is 1.69. The summed E-state index contributed by atoms with van der Waals surface area (Å²) in [6.45, 7) is 4.02. The molecule has 3 aromatic heterocycles. The molecule has 1 amide bonds. The van der Waals surface area contributed by atoms with E-state index < -0.39 is 0 Å². The first-order valence-corrected chi connectivity index (χ1v) is 8.56. The van der Waals surface area contributed by atoms with E-state index in [4.69, 9.17) is 4.42 Å². The minimum absolute atomic E-state index is 0.00704. The number of hydrogen-bond acceptors (Lipinski definition) is 4. The lowest BCUT2D eigenvalue weighted by Gasteiger charge is -2.20. The first-order valence-electron chi connectivity index (χ1n) is 8.56. The molecule has 0 N–H and O–H groups in total. The minimum atomic E-state index is 0.00704. The normalized spacial score (nSPS) is 14.4. The predicted octanol–water partition coefficient (Wildman–Crippen LogP) is 2.49. The van der Waals surface area contributed by atoms with Crippen LogP contribution in [0, 0.1) is 0 Å². The average Bonchev–Trinajstić information content (AvgIpc) is 3.31. The van der Waals surface area contributed by atoms with Crippen LogP contribution < -0.4 is 0 Å². The van der Waals surface area contributed by atoms with Gasteiger partial charge in [-0.3, -0.25) is 14.2 Å². The number of carbonyl (C=O) groups excluding carboxylic acids is 1. The van der Waals surface area contributed by atoms with Gasteiger partial charge in [-0.15, -0.1) is 0 Å². The number of fused-ring (bicyclic) bond motifs is 1. The average molecular weight is 339 g/mol. The number of furan rings is 1. The molecule has 0 saturated carbocycles. The van der Waals surface area contributed by atoms with Crippen molar-refractivity contribution < 1.29 is 9.21 Å². The van der Waals surface area contributed by atoms with Crippen molar-refractivity contribution in [3.05, 3.63) is 47.8 Å². The Morgan fingerprint density at radius 1 is 1.36 bits per heavy atom. The molecule has 0 aliphatic carbocycles. The van der Waals surface area contributed by atoms with Crippen LogP contribution in [-0.2, 0) is 26.6 Å². The summed E-state index contributed by atoms with van der Waals surface area (Å²) in [6.07, 6.45) is 8.94. The fourth-order valence-corrected chi connectivity index (χ4v) is 3.28. The maximum atomic E-state index is 13.2. The highest BCUT2D eigenvalue weighted by molar-refractivity contribution is 5.99. The molecule has 0 spiro atoms. The molecule has 0 unspecified atom stereocenters. The van der Waals surface area contributed by atoms with Crippen LogP contribution in [0.1, 0.15) is 35.0 Å². The van der Waals surface area contributed by atoms with E-state index in [1.807, 2.05) is 37.3 Å². The Morgan fingerprint density at radius 3 is 3.00 bits per heavy atom. The van der Waals surface area contributed by atoms with Gasteiger partial charge in [-0.05, 0) is 19.4 Å². The van der Waals surface area contributed by atoms with Crippen molar-refractivity contribution in [3.8, 4) is 11.3 Å².